The molecule has 0 amide bonds. The minimum absolute atomic E-state index is 0.410. The van der Waals surface area contributed by atoms with Crippen molar-refractivity contribution < 1.29 is 9.53 Å². The number of nitrogens with two attached hydrogens (primary N) is 1. The van der Waals surface area contributed by atoms with Gasteiger partial charge in [-0.3, -0.25) is 0 Å². The van der Waals surface area contributed by atoms with E-state index >= 15 is 0 Å². The number of ether oxygens (including phenoxy) is 1. The van der Waals surface area contributed by atoms with Gasteiger partial charge in [0.25, 0.3) is 0 Å². The van der Waals surface area contributed by atoms with Gasteiger partial charge in [-0.1, -0.05) is 6.07 Å². The molecule has 0 bridgehead atoms. The zero-order chi connectivity index (χ0) is 13.8. The van der Waals surface area contributed by atoms with Crippen LogP contribution in [0.2, 0.25) is 0 Å². The first-order valence-corrected chi connectivity index (χ1v) is 6.27. The van der Waals surface area contributed by atoms with Crippen LogP contribution in [0.5, 0.6) is 0 Å². The number of aromatic nitrogens is 1. The van der Waals surface area contributed by atoms with E-state index in [1.54, 1.807) is 18.2 Å². The molecule has 2 rings (SSSR count). The standard InChI is InChI=1S/C13H12BrN3O2/c1-19-13(18)8-5-6-10(9(15)7-8)16-12-4-2-3-11(14)17-12/h2-7H,15H2,1H3,(H,16,17). The average molecular weight is 322 g/mol. The molecule has 0 aliphatic rings. The van der Waals surface area contributed by atoms with Gasteiger partial charge < -0.3 is 15.8 Å². The summed E-state index contributed by atoms with van der Waals surface area (Å²) in [5, 5.41) is 3.08. The molecule has 0 saturated heterocycles. The van der Waals surface area contributed by atoms with E-state index in [2.05, 4.69) is 31.0 Å². The second-order valence-electron chi connectivity index (χ2n) is 3.76. The summed E-state index contributed by atoms with van der Waals surface area (Å²) in [6, 6.07) is 10.4. The van der Waals surface area contributed by atoms with Crippen LogP contribution in [0, 0.1) is 0 Å². The number of anilines is 3. The van der Waals surface area contributed by atoms with E-state index in [-0.39, 0.29) is 0 Å². The molecule has 5 nitrogen and oxygen atoms in total. The molecule has 0 aliphatic carbocycles. The van der Waals surface area contributed by atoms with Gasteiger partial charge in [-0.25, -0.2) is 9.78 Å². The number of rotatable bonds is 3. The summed E-state index contributed by atoms with van der Waals surface area (Å²) in [6.45, 7) is 0. The Hall–Kier alpha value is -2.08. The van der Waals surface area contributed by atoms with Crippen molar-refractivity contribution in [1.29, 1.82) is 0 Å². The van der Waals surface area contributed by atoms with Crippen molar-refractivity contribution in [2.24, 2.45) is 0 Å². The SMILES string of the molecule is COC(=O)c1ccc(Nc2cccc(Br)n2)c(N)c1. The molecule has 1 aromatic carbocycles. The smallest absolute Gasteiger partial charge is 0.337 e. The highest BCUT2D eigenvalue weighted by Crippen LogP contribution is 2.24. The summed E-state index contributed by atoms with van der Waals surface area (Å²) < 4.78 is 5.36. The maximum atomic E-state index is 11.4. The highest BCUT2D eigenvalue weighted by Gasteiger charge is 2.08. The van der Waals surface area contributed by atoms with Crippen LogP contribution >= 0.6 is 15.9 Å². The fourth-order valence-electron chi connectivity index (χ4n) is 1.54. The van der Waals surface area contributed by atoms with E-state index in [0.717, 1.165) is 4.60 Å². The maximum Gasteiger partial charge on any atom is 0.337 e. The summed E-state index contributed by atoms with van der Waals surface area (Å²) in [4.78, 5) is 15.6. The topological polar surface area (TPSA) is 77.2 Å². The Balaban J connectivity index is 2.24. The van der Waals surface area contributed by atoms with Gasteiger partial charge in [0.15, 0.2) is 0 Å². The van der Waals surface area contributed by atoms with E-state index in [9.17, 15) is 4.79 Å². The van der Waals surface area contributed by atoms with Crippen LogP contribution in [0.3, 0.4) is 0 Å². The van der Waals surface area contributed by atoms with E-state index in [4.69, 9.17) is 5.73 Å². The number of pyridine rings is 1. The van der Waals surface area contributed by atoms with Gasteiger partial charge in [0.2, 0.25) is 0 Å². The molecule has 98 valence electrons. The van der Waals surface area contributed by atoms with Crippen LogP contribution in [-0.2, 0) is 4.74 Å². The molecule has 0 saturated carbocycles. The van der Waals surface area contributed by atoms with Gasteiger partial charge in [-0.05, 0) is 46.3 Å². The Morgan fingerprint density at radius 1 is 1.37 bits per heavy atom. The van der Waals surface area contributed by atoms with Crippen molar-refractivity contribution in [2.75, 3.05) is 18.2 Å². The van der Waals surface area contributed by atoms with E-state index in [1.165, 1.54) is 7.11 Å². The quantitative estimate of drug-likeness (QED) is 0.516. The number of nitrogen functional groups attached to an aromatic ring is 1. The number of carbonyl (C=O) groups is 1. The number of halogens is 1. The fraction of sp³-hybridized carbons (Fsp3) is 0.0769. The number of methoxy groups -OCH3 is 1. The summed E-state index contributed by atoms with van der Waals surface area (Å²) in [7, 11) is 1.33. The number of hydrogen-bond acceptors (Lipinski definition) is 5. The van der Waals surface area contributed by atoms with Gasteiger partial charge in [-0.2, -0.15) is 0 Å². The van der Waals surface area contributed by atoms with Crippen LogP contribution < -0.4 is 11.1 Å². The summed E-state index contributed by atoms with van der Waals surface area (Å²) >= 11 is 3.29. The Labute approximate surface area is 118 Å². The third-order valence-electron chi connectivity index (χ3n) is 2.45. The van der Waals surface area contributed by atoms with Crippen molar-refractivity contribution in [3.63, 3.8) is 0 Å². The van der Waals surface area contributed by atoms with Gasteiger partial charge in [0.1, 0.15) is 10.4 Å². The van der Waals surface area contributed by atoms with Crippen molar-refractivity contribution >= 4 is 39.1 Å². The molecule has 0 fully saturated rings. The van der Waals surface area contributed by atoms with Crippen LogP contribution in [-0.4, -0.2) is 18.1 Å². The van der Waals surface area contributed by atoms with Crippen LogP contribution in [0.4, 0.5) is 17.2 Å². The first-order chi connectivity index (χ1) is 9.10. The molecule has 19 heavy (non-hydrogen) atoms. The molecule has 1 aromatic heterocycles. The molecule has 6 heteroatoms. The molecule has 2 aromatic rings. The summed E-state index contributed by atoms with van der Waals surface area (Å²) in [5.74, 6) is 0.241. The monoisotopic (exact) mass is 321 g/mol. The third-order valence-corrected chi connectivity index (χ3v) is 2.89. The predicted octanol–water partition coefficient (Wildman–Crippen LogP) is 2.96. The van der Waals surface area contributed by atoms with Crippen LogP contribution in [0.15, 0.2) is 41.0 Å². The fourth-order valence-corrected chi connectivity index (χ4v) is 1.88. The zero-order valence-corrected chi connectivity index (χ0v) is 11.8. The second kappa shape index (κ2) is 5.71. The lowest BCUT2D eigenvalue weighted by Gasteiger charge is -2.10. The molecular weight excluding hydrogens is 310 g/mol. The third kappa shape index (κ3) is 3.23. The highest BCUT2D eigenvalue weighted by atomic mass is 79.9. The van der Waals surface area contributed by atoms with Crippen molar-refractivity contribution in [3.05, 3.63) is 46.6 Å². The lowest BCUT2D eigenvalue weighted by atomic mass is 10.1. The summed E-state index contributed by atoms with van der Waals surface area (Å²) in [5.41, 5.74) is 7.43. The number of esters is 1. The highest BCUT2D eigenvalue weighted by molar-refractivity contribution is 9.10. The Morgan fingerprint density at radius 2 is 2.16 bits per heavy atom. The summed E-state index contributed by atoms with van der Waals surface area (Å²) in [6.07, 6.45) is 0. The molecule has 0 atom stereocenters. The lowest BCUT2D eigenvalue weighted by molar-refractivity contribution is 0.0601. The van der Waals surface area contributed by atoms with E-state index in [1.807, 2.05) is 18.2 Å². The largest absolute Gasteiger partial charge is 0.465 e. The molecule has 0 aliphatic heterocycles. The van der Waals surface area contributed by atoms with Crippen LogP contribution in [0.25, 0.3) is 0 Å². The molecule has 0 spiro atoms. The maximum absolute atomic E-state index is 11.4. The van der Waals surface area contributed by atoms with Gasteiger partial charge >= 0.3 is 5.97 Å². The van der Waals surface area contributed by atoms with Crippen molar-refractivity contribution in [2.45, 2.75) is 0 Å². The Kier molecular flexibility index (Phi) is 4.01. The molecule has 1 heterocycles. The predicted molar refractivity (Wildman–Crippen MR) is 77.4 cm³/mol. The van der Waals surface area contributed by atoms with E-state index < -0.39 is 5.97 Å². The first-order valence-electron chi connectivity index (χ1n) is 5.47. The molecule has 0 unspecified atom stereocenters. The number of nitrogens with zero attached hydrogens (tertiary/aromatic N) is 1. The van der Waals surface area contributed by atoms with Gasteiger partial charge in [0, 0.05) is 0 Å². The number of carbonyl (C=O) groups excluding carboxylic acids is 1. The van der Waals surface area contributed by atoms with Crippen LogP contribution in [0.1, 0.15) is 10.4 Å². The minimum atomic E-state index is -0.418. The first kappa shape index (κ1) is 13.4. The van der Waals surface area contributed by atoms with Crippen molar-refractivity contribution in [1.82, 2.24) is 4.98 Å². The number of nitrogens with one attached hydrogen (secondary N) is 1. The number of hydrogen-bond donors (Lipinski definition) is 2. The van der Waals surface area contributed by atoms with Crippen molar-refractivity contribution in [3.8, 4) is 0 Å². The Morgan fingerprint density at radius 3 is 2.79 bits per heavy atom. The number of benzene rings is 1. The molecule has 0 radical (unpaired) electrons. The molecule has 3 N–H and O–H groups in total. The van der Waals surface area contributed by atoms with E-state index in [0.29, 0.717) is 22.8 Å². The zero-order valence-electron chi connectivity index (χ0n) is 10.2. The second-order valence-corrected chi connectivity index (χ2v) is 4.58. The molecular formula is C13H12BrN3O2. The minimum Gasteiger partial charge on any atom is -0.465 e. The normalized spacial score (nSPS) is 10.0. The Bertz CT molecular complexity index is 617. The average Bonchev–Trinajstić information content (AvgIpc) is 2.40. The van der Waals surface area contributed by atoms with Gasteiger partial charge in [-0.15, -0.1) is 0 Å². The van der Waals surface area contributed by atoms with Gasteiger partial charge in [0.05, 0.1) is 24.0 Å². The lowest BCUT2D eigenvalue weighted by Crippen LogP contribution is -2.04.